The van der Waals surface area contributed by atoms with Crippen molar-refractivity contribution in [3.8, 4) is 0 Å². The molecule has 1 amide bonds. The molecular formula is C23H24Cl2N4OS2. The van der Waals surface area contributed by atoms with Gasteiger partial charge in [-0.25, -0.2) is 0 Å². The molecule has 0 saturated heterocycles. The van der Waals surface area contributed by atoms with Crippen LogP contribution in [0.4, 0.5) is 5.69 Å². The lowest BCUT2D eigenvalue weighted by atomic mass is 10.1. The minimum absolute atomic E-state index is 0.0698. The maximum atomic E-state index is 12.5. The molecule has 2 aromatic carbocycles. The molecule has 1 aromatic heterocycles. The first-order valence-corrected chi connectivity index (χ1v) is 13.0. The third-order valence-electron chi connectivity index (χ3n) is 4.59. The van der Waals surface area contributed by atoms with Crippen LogP contribution in [0.25, 0.3) is 0 Å². The van der Waals surface area contributed by atoms with Gasteiger partial charge < -0.3 is 9.88 Å². The van der Waals surface area contributed by atoms with Crippen LogP contribution >= 0.6 is 46.7 Å². The number of thioether (sulfide) groups is 2. The van der Waals surface area contributed by atoms with E-state index in [9.17, 15) is 4.79 Å². The van der Waals surface area contributed by atoms with Crippen molar-refractivity contribution in [2.45, 2.75) is 36.6 Å². The molecule has 5 nitrogen and oxygen atoms in total. The summed E-state index contributed by atoms with van der Waals surface area (Å²) in [5.74, 6) is 2.48. The molecule has 3 rings (SSSR count). The molecule has 0 atom stereocenters. The highest BCUT2D eigenvalue weighted by atomic mass is 35.5. The average Bonchev–Trinajstić information content (AvgIpc) is 3.17. The van der Waals surface area contributed by atoms with Gasteiger partial charge in [-0.3, -0.25) is 4.79 Å². The van der Waals surface area contributed by atoms with E-state index in [0.29, 0.717) is 27.5 Å². The summed E-state index contributed by atoms with van der Waals surface area (Å²) in [4.78, 5) is 12.5. The monoisotopic (exact) mass is 506 g/mol. The fourth-order valence-electron chi connectivity index (χ4n) is 3.00. The Hall–Kier alpha value is -1.93. The number of allylic oxidation sites excluding steroid dienone is 1. The smallest absolute Gasteiger partial charge is 0.234 e. The number of carbonyl (C=O) groups is 1. The second kappa shape index (κ2) is 12.3. The molecule has 0 aliphatic carbocycles. The Labute approximate surface area is 207 Å². The number of benzene rings is 2. The highest BCUT2D eigenvalue weighted by Gasteiger charge is 2.14. The molecule has 0 spiro atoms. The van der Waals surface area contributed by atoms with Gasteiger partial charge in [0.05, 0.1) is 21.6 Å². The van der Waals surface area contributed by atoms with Crippen LogP contribution < -0.4 is 5.32 Å². The van der Waals surface area contributed by atoms with Crippen LogP contribution in [-0.4, -0.2) is 26.4 Å². The molecule has 0 saturated carbocycles. The molecule has 0 bridgehead atoms. The number of rotatable bonds is 11. The summed E-state index contributed by atoms with van der Waals surface area (Å²) >= 11 is 15.2. The summed E-state index contributed by atoms with van der Waals surface area (Å²) in [6.45, 7) is 6.48. The standard InChI is InChI=1S/C23H24Cl2N4OS2/c1-3-11-29-21(14-31-13-16-9-10-18(24)19(25)12-16)27-28-23(29)32-15-22(30)26-20-8-6-5-7-17(20)4-2/h3,5-10,12H,1,4,11,13-15H2,2H3,(H,26,30). The third-order valence-corrected chi connectivity index (χ3v) is 7.30. The lowest BCUT2D eigenvalue weighted by Crippen LogP contribution is -2.16. The number of halogens is 2. The fourth-order valence-corrected chi connectivity index (χ4v) is 5.00. The molecule has 0 aliphatic rings. The van der Waals surface area contributed by atoms with E-state index in [2.05, 4.69) is 29.0 Å². The minimum atomic E-state index is -0.0698. The van der Waals surface area contributed by atoms with Crippen molar-refractivity contribution in [2.24, 2.45) is 0 Å². The van der Waals surface area contributed by atoms with Crippen LogP contribution in [0.3, 0.4) is 0 Å². The highest BCUT2D eigenvalue weighted by molar-refractivity contribution is 7.99. The Morgan fingerprint density at radius 2 is 1.97 bits per heavy atom. The second-order valence-electron chi connectivity index (χ2n) is 6.89. The predicted molar refractivity (Wildman–Crippen MR) is 137 cm³/mol. The number of hydrogen-bond donors (Lipinski definition) is 1. The highest BCUT2D eigenvalue weighted by Crippen LogP contribution is 2.26. The van der Waals surface area contributed by atoms with Gasteiger partial charge in [0, 0.05) is 18.0 Å². The first kappa shape index (κ1) is 24.7. The van der Waals surface area contributed by atoms with Crippen molar-refractivity contribution in [3.05, 3.63) is 82.1 Å². The van der Waals surface area contributed by atoms with Crippen LogP contribution in [0.15, 0.2) is 60.3 Å². The van der Waals surface area contributed by atoms with Crippen LogP contribution in [0.1, 0.15) is 23.9 Å². The van der Waals surface area contributed by atoms with Gasteiger partial charge in [0.15, 0.2) is 5.16 Å². The van der Waals surface area contributed by atoms with E-state index in [1.54, 1.807) is 23.9 Å². The van der Waals surface area contributed by atoms with Crippen LogP contribution in [-0.2, 0) is 29.3 Å². The number of aryl methyl sites for hydroxylation is 1. The number of carbonyl (C=O) groups excluding carboxylic acids is 1. The minimum Gasteiger partial charge on any atom is -0.325 e. The Morgan fingerprint density at radius 3 is 2.72 bits per heavy atom. The van der Waals surface area contributed by atoms with Crippen molar-refractivity contribution in [1.29, 1.82) is 0 Å². The number of para-hydroxylation sites is 1. The van der Waals surface area contributed by atoms with Gasteiger partial charge in [-0.2, -0.15) is 0 Å². The van der Waals surface area contributed by atoms with Gasteiger partial charge in [0.25, 0.3) is 0 Å². The predicted octanol–water partition coefficient (Wildman–Crippen LogP) is 6.50. The van der Waals surface area contributed by atoms with Gasteiger partial charge in [-0.1, -0.05) is 72.2 Å². The molecule has 1 N–H and O–H groups in total. The van der Waals surface area contributed by atoms with Crippen molar-refractivity contribution < 1.29 is 4.79 Å². The Balaban J connectivity index is 1.58. The number of anilines is 1. The van der Waals surface area contributed by atoms with Gasteiger partial charge in [0.2, 0.25) is 5.91 Å². The molecule has 0 radical (unpaired) electrons. The average molecular weight is 508 g/mol. The zero-order valence-electron chi connectivity index (χ0n) is 17.7. The number of amides is 1. The first-order valence-electron chi connectivity index (χ1n) is 10.1. The maximum absolute atomic E-state index is 12.5. The molecule has 32 heavy (non-hydrogen) atoms. The Kier molecular flexibility index (Phi) is 9.53. The summed E-state index contributed by atoms with van der Waals surface area (Å²) in [6, 6.07) is 13.5. The number of nitrogens with one attached hydrogen (secondary N) is 1. The Morgan fingerprint density at radius 1 is 1.16 bits per heavy atom. The van der Waals surface area contributed by atoms with Gasteiger partial charge in [0.1, 0.15) is 5.82 Å². The molecular weight excluding hydrogens is 483 g/mol. The fraction of sp³-hybridized carbons (Fsp3) is 0.261. The van der Waals surface area contributed by atoms with E-state index in [-0.39, 0.29) is 11.7 Å². The van der Waals surface area contributed by atoms with E-state index in [1.165, 1.54) is 11.8 Å². The summed E-state index contributed by atoms with van der Waals surface area (Å²) < 4.78 is 1.99. The topological polar surface area (TPSA) is 59.8 Å². The lowest BCUT2D eigenvalue weighted by molar-refractivity contribution is -0.113. The SMILES string of the molecule is C=CCn1c(CSCc2ccc(Cl)c(Cl)c2)nnc1SCC(=O)Nc1ccccc1CC. The zero-order valence-corrected chi connectivity index (χ0v) is 20.8. The normalized spacial score (nSPS) is 10.8. The van der Waals surface area contributed by atoms with E-state index in [4.69, 9.17) is 23.2 Å². The molecule has 0 unspecified atom stereocenters. The summed E-state index contributed by atoms with van der Waals surface area (Å²) in [5, 5.41) is 13.4. The molecule has 3 aromatic rings. The molecule has 0 aliphatic heterocycles. The van der Waals surface area contributed by atoms with Gasteiger partial charge in [-0.05, 0) is 35.7 Å². The Bertz CT molecular complexity index is 1090. The van der Waals surface area contributed by atoms with Crippen molar-refractivity contribution >= 4 is 58.3 Å². The van der Waals surface area contributed by atoms with Crippen LogP contribution in [0.5, 0.6) is 0 Å². The molecule has 9 heteroatoms. The maximum Gasteiger partial charge on any atom is 0.234 e. The summed E-state index contributed by atoms with van der Waals surface area (Å²) in [5.41, 5.74) is 3.06. The number of nitrogens with zero attached hydrogens (tertiary/aromatic N) is 3. The van der Waals surface area contributed by atoms with E-state index in [1.807, 2.05) is 41.0 Å². The molecule has 0 fully saturated rings. The van der Waals surface area contributed by atoms with E-state index < -0.39 is 0 Å². The zero-order chi connectivity index (χ0) is 22.9. The lowest BCUT2D eigenvalue weighted by Gasteiger charge is -2.10. The number of aromatic nitrogens is 3. The largest absolute Gasteiger partial charge is 0.325 e. The van der Waals surface area contributed by atoms with Crippen molar-refractivity contribution in [2.75, 3.05) is 11.1 Å². The van der Waals surface area contributed by atoms with Gasteiger partial charge >= 0.3 is 0 Å². The molecule has 1 heterocycles. The number of hydrogen-bond acceptors (Lipinski definition) is 5. The summed E-state index contributed by atoms with van der Waals surface area (Å²) in [7, 11) is 0. The van der Waals surface area contributed by atoms with E-state index >= 15 is 0 Å². The van der Waals surface area contributed by atoms with E-state index in [0.717, 1.165) is 34.8 Å². The van der Waals surface area contributed by atoms with Crippen molar-refractivity contribution in [3.63, 3.8) is 0 Å². The summed E-state index contributed by atoms with van der Waals surface area (Å²) in [6.07, 6.45) is 2.67. The van der Waals surface area contributed by atoms with Gasteiger partial charge in [-0.15, -0.1) is 28.5 Å². The first-order chi connectivity index (χ1) is 15.5. The molecule has 168 valence electrons. The van der Waals surface area contributed by atoms with Crippen LogP contribution in [0, 0.1) is 0 Å². The third kappa shape index (κ3) is 6.78. The van der Waals surface area contributed by atoms with Crippen molar-refractivity contribution in [1.82, 2.24) is 14.8 Å². The quantitative estimate of drug-likeness (QED) is 0.237. The van der Waals surface area contributed by atoms with Crippen LogP contribution in [0.2, 0.25) is 10.0 Å². The second-order valence-corrected chi connectivity index (χ2v) is 9.63.